The van der Waals surface area contributed by atoms with Crippen LogP contribution in [-0.2, 0) is 0 Å². The summed E-state index contributed by atoms with van der Waals surface area (Å²) >= 11 is 0. The molecule has 1 rings (SSSR count). The van der Waals surface area contributed by atoms with Crippen molar-refractivity contribution in [1.29, 1.82) is 0 Å². The van der Waals surface area contributed by atoms with E-state index in [1.54, 1.807) is 0 Å². The summed E-state index contributed by atoms with van der Waals surface area (Å²) in [5, 5.41) is 8.67. The van der Waals surface area contributed by atoms with E-state index in [2.05, 4.69) is 54.7 Å². The molecule has 1 aromatic rings. The Morgan fingerprint density at radius 3 is 2.22 bits per heavy atom. The monoisotopic (exact) mass is 252 g/mol. The van der Waals surface area contributed by atoms with Gasteiger partial charge in [0, 0.05) is 25.0 Å². The van der Waals surface area contributed by atoms with Gasteiger partial charge >= 0.3 is 0 Å². The molecule has 1 aromatic heterocycles. The number of carbonyl (C=O) groups is 1. The minimum atomic E-state index is -1.58. The highest BCUT2D eigenvalue weighted by Crippen LogP contribution is 2.12. The Labute approximate surface area is 109 Å². The quantitative estimate of drug-likeness (QED) is 0.619. The molecule has 0 saturated heterocycles. The van der Waals surface area contributed by atoms with Crippen LogP contribution in [0.3, 0.4) is 0 Å². The second-order valence-electron chi connectivity index (χ2n) is 4.20. The summed E-state index contributed by atoms with van der Waals surface area (Å²) < 4.78 is 2.34. The lowest BCUT2D eigenvalue weighted by molar-refractivity contribution is -0.724. The predicted molar refractivity (Wildman–Crippen MR) is 69.7 cm³/mol. The molecule has 4 nitrogen and oxygen atoms in total. The maximum atomic E-state index is 8.67. The molecule has 1 heterocycles. The van der Waals surface area contributed by atoms with Crippen molar-refractivity contribution in [3.05, 3.63) is 30.6 Å². The second-order valence-corrected chi connectivity index (χ2v) is 4.20. The highest BCUT2D eigenvalue weighted by Gasteiger charge is 2.13. The van der Waals surface area contributed by atoms with E-state index in [1.165, 1.54) is 32.1 Å². The fraction of sp³-hybridized carbons (Fsp3) is 0.571. The number of primary amides is 1. The molecule has 0 saturated carbocycles. The van der Waals surface area contributed by atoms with Crippen molar-refractivity contribution in [2.24, 2.45) is 5.73 Å². The molecule has 0 aliphatic rings. The average Bonchev–Trinajstić information content (AvgIpc) is 2.35. The van der Waals surface area contributed by atoms with Crippen molar-refractivity contribution in [3.63, 3.8) is 0 Å². The summed E-state index contributed by atoms with van der Waals surface area (Å²) in [4.78, 5) is 8.67. The number of hydrogen-bond acceptors (Lipinski definition) is 2. The van der Waals surface area contributed by atoms with Crippen LogP contribution in [0.2, 0.25) is 0 Å². The van der Waals surface area contributed by atoms with E-state index >= 15 is 0 Å². The molecule has 18 heavy (non-hydrogen) atoms. The molecule has 0 aliphatic heterocycles. The zero-order chi connectivity index (χ0) is 13.8. The van der Waals surface area contributed by atoms with Crippen LogP contribution >= 0.6 is 0 Å². The zero-order valence-corrected chi connectivity index (χ0v) is 11.3. The summed E-state index contributed by atoms with van der Waals surface area (Å²) in [6.07, 6.45) is 9.37. The van der Waals surface area contributed by atoms with Gasteiger partial charge in [-0.05, 0) is 6.42 Å². The number of aromatic nitrogens is 1. The smallest absolute Gasteiger partial charge is 0.169 e. The maximum absolute atomic E-state index is 8.67. The Morgan fingerprint density at radius 2 is 1.78 bits per heavy atom. The predicted octanol–water partition coefficient (Wildman–Crippen LogP) is 1.79. The Morgan fingerprint density at radius 1 is 1.22 bits per heavy atom. The third kappa shape index (κ3) is 8.56. The van der Waals surface area contributed by atoms with Gasteiger partial charge in [-0.3, -0.25) is 0 Å². The van der Waals surface area contributed by atoms with Gasteiger partial charge in [0.05, 0.1) is 0 Å². The standard InChI is InChI=1S/C13H22N.CH3NO2/c1-3-5-7-10-13(4-2)14-11-8-6-9-12-14;2-1(3)4/h6,8-9,11-13H,3-5,7,10H2,1-2H3;2H2,(H,3,4)/q+1;/p-1. The number of rotatable bonds is 6. The highest BCUT2D eigenvalue weighted by atomic mass is 16.4. The number of nitrogens with two attached hydrogens (primary N) is 1. The molecule has 2 N–H and O–H groups in total. The van der Waals surface area contributed by atoms with E-state index < -0.39 is 6.09 Å². The van der Waals surface area contributed by atoms with Crippen LogP contribution in [0.5, 0.6) is 0 Å². The molecule has 1 atom stereocenters. The lowest BCUT2D eigenvalue weighted by Crippen LogP contribution is -2.38. The van der Waals surface area contributed by atoms with Crippen LogP contribution < -0.4 is 15.4 Å². The highest BCUT2D eigenvalue weighted by molar-refractivity contribution is 5.58. The van der Waals surface area contributed by atoms with Crippen LogP contribution in [0, 0.1) is 0 Å². The fourth-order valence-electron chi connectivity index (χ4n) is 1.85. The summed E-state index contributed by atoms with van der Waals surface area (Å²) in [6, 6.07) is 7.00. The Kier molecular flexibility index (Phi) is 9.64. The SMILES string of the molecule is CCCCCC(CC)[n+]1ccccc1.NC(=O)[O-]. The van der Waals surface area contributed by atoms with Crippen LogP contribution in [0.4, 0.5) is 4.79 Å². The number of carbonyl (C=O) groups excluding carboxylic acids is 1. The number of amides is 1. The molecule has 102 valence electrons. The topological polar surface area (TPSA) is 70.0 Å². The molecule has 4 heteroatoms. The summed E-state index contributed by atoms with van der Waals surface area (Å²) in [7, 11) is 0. The molecule has 0 fully saturated rings. The Balaban J connectivity index is 0.000000631. The van der Waals surface area contributed by atoms with E-state index in [0.717, 1.165) is 0 Å². The van der Waals surface area contributed by atoms with E-state index in [-0.39, 0.29) is 0 Å². The first-order valence-corrected chi connectivity index (χ1v) is 6.54. The molecule has 0 radical (unpaired) electrons. The van der Waals surface area contributed by atoms with Crippen molar-refractivity contribution in [3.8, 4) is 0 Å². The van der Waals surface area contributed by atoms with Crippen molar-refractivity contribution in [1.82, 2.24) is 0 Å². The third-order valence-corrected chi connectivity index (χ3v) is 2.77. The molecular weight excluding hydrogens is 228 g/mol. The zero-order valence-electron chi connectivity index (χ0n) is 11.3. The van der Waals surface area contributed by atoms with Gasteiger partial charge in [-0.15, -0.1) is 0 Å². The van der Waals surface area contributed by atoms with Gasteiger partial charge in [-0.1, -0.05) is 32.8 Å². The Bertz CT molecular complexity index is 311. The van der Waals surface area contributed by atoms with Gasteiger partial charge in [0.1, 0.15) is 6.09 Å². The number of nitrogens with zero attached hydrogens (tertiary/aromatic N) is 1. The van der Waals surface area contributed by atoms with Gasteiger partial charge in [0.2, 0.25) is 0 Å². The van der Waals surface area contributed by atoms with Gasteiger partial charge in [-0.2, -0.15) is 0 Å². The number of hydrogen-bond donors (Lipinski definition) is 1. The molecule has 0 spiro atoms. The van der Waals surface area contributed by atoms with Gasteiger partial charge in [0.15, 0.2) is 18.4 Å². The largest absolute Gasteiger partial charge is 0.530 e. The third-order valence-electron chi connectivity index (χ3n) is 2.77. The lowest BCUT2D eigenvalue weighted by Gasteiger charge is -2.09. The van der Waals surface area contributed by atoms with E-state index in [9.17, 15) is 0 Å². The molecule has 1 amide bonds. The number of unbranched alkanes of at least 4 members (excludes halogenated alkanes) is 2. The van der Waals surface area contributed by atoms with Crippen LogP contribution in [0.15, 0.2) is 30.6 Å². The van der Waals surface area contributed by atoms with Gasteiger partial charge in [0.25, 0.3) is 0 Å². The summed E-state index contributed by atoms with van der Waals surface area (Å²) in [5.41, 5.74) is 3.92. The van der Waals surface area contributed by atoms with Crippen molar-refractivity contribution < 1.29 is 14.5 Å². The molecule has 0 bridgehead atoms. The van der Waals surface area contributed by atoms with E-state index in [0.29, 0.717) is 6.04 Å². The first-order chi connectivity index (χ1) is 8.61. The van der Waals surface area contributed by atoms with Crippen molar-refractivity contribution >= 4 is 6.09 Å². The van der Waals surface area contributed by atoms with Gasteiger partial charge < -0.3 is 15.6 Å². The average molecular weight is 252 g/mol. The van der Waals surface area contributed by atoms with Crippen LogP contribution in [0.1, 0.15) is 52.0 Å². The first-order valence-electron chi connectivity index (χ1n) is 6.54. The van der Waals surface area contributed by atoms with Gasteiger partial charge in [-0.25, -0.2) is 4.57 Å². The van der Waals surface area contributed by atoms with E-state index in [4.69, 9.17) is 9.90 Å². The first kappa shape index (κ1) is 16.4. The minimum Gasteiger partial charge on any atom is -0.530 e. The minimum absolute atomic E-state index is 0.697. The Hall–Kier alpha value is -1.58. The summed E-state index contributed by atoms with van der Waals surface area (Å²) in [6.45, 7) is 4.53. The lowest BCUT2D eigenvalue weighted by atomic mass is 10.1. The molecule has 1 unspecified atom stereocenters. The molecule has 0 aliphatic carbocycles. The molecule has 0 aromatic carbocycles. The normalized spacial score (nSPS) is 11.2. The number of pyridine rings is 1. The number of carboxylic acid groups (broad SMARTS) is 1. The fourth-order valence-corrected chi connectivity index (χ4v) is 1.85. The molecular formula is C14H24N2O2. The van der Waals surface area contributed by atoms with Crippen molar-refractivity contribution in [2.75, 3.05) is 0 Å². The van der Waals surface area contributed by atoms with Crippen LogP contribution in [-0.4, -0.2) is 6.09 Å². The van der Waals surface area contributed by atoms with Crippen molar-refractivity contribution in [2.45, 2.75) is 52.0 Å². The van der Waals surface area contributed by atoms with E-state index in [1.807, 2.05) is 0 Å². The maximum Gasteiger partial charge on any atom is 0.169 e. The van der Waals surface area contributed by atoms with Crippen LogP contribution in [0.25, 0.3) is 0 Å². The second kappa shape index (κ2) is 10.6. The summed E-state index contributed by atoms with van der Waals surface area (Å²) in [5.74, 6) is 0.